The van der Waals surface area contributed by atoms with Crippen molar-refractivity contribution in [3.8, 4) is 0 Å². The van der Waals surface area contributed by atoms with Gasteiger partial charge < -0.3 is 19.1 Å². The van der Waals surface area contributed by atoms with Crippen molar-refractivity contribution >= 4 is 8.32 Å². The molecule has 0 bridgehead atoms. The van der Waals surface area contributed by atoms with Gasteiger partial charge in [-0.15, -0.1) is 0 Å². The van der Waals surface area contributed by atoms with E-state index in [2.05, 4.69) is 70.1 Å². The summed E-state index contributed by atoms with van der Waals surface area (Å²) in [5, 5.41) is 0. The van der Waals surface area contributed by atoms with Crippen LogP contribution in [0.25, 0.3) is 0 Å². The maximum Gasteiger partial charge on any atom is 0.189 e. The summed E-state index contributed by atoms with van der Waals surface area (Å²) in [5.41, 5.74) is 0.271. The lowest BCUT2D eigenvalue weighted by molar-refractivity contribution is 0.0949. The SMILES string of the molecule is CCN(C)CC(CN(C)CC)(CN(C)CC)C[Si](C)(CC)OC. The van der Waals surface area contributed by atoms with Gasteiger partial charge in [0.1, 0.15) is 0 Å². The molecule has 0 heterocycles. The lowest BCUT2D eigenvalue weighted by atomic mass is 9.88. The Bertz CT molecular complexity index is 279. The van der Waals surface area contributed by atoms with Gasteiger partial charge in [0, 0.05) is 32.2 Å². The molecule has 0 saturated heterocycles. The molecule has 0 spiro atoms. The van der Waals surface area contributed by atoms with Crippen molar-refractivity contribution in [3.63, 3.8) is 0 Å². The van der Waals surface area contributed by atoms with E-state index >= 15 is 0 Å². The highest BCUT2D eigenvalue weighted by Crippen LogP contribution is 2.34. The highest BCUT2D eigenvalue weighted by Gasteiger charge is 2.41. The molecular formula is C18H43N3OSi. The molecule has 1 atom stereocenters. The average molecular weight is 346 g/mol. The Morgan fingerprint density at radius 1 is 0.783 bits per heavy atom. The maximum atomic E-state index is 6.07. The fourth-order valence-corrected chi connectivity index (χ4v) is 6.11. The van der Waals surface area contributed by atoms with E-state index in [-0.39, 0.29) is 5.41 Å². The van der Waals surface area contributed by atoms with Crippen molar-refractivity contribution in [1.82, 2.24) is 14.7 Å². The Morgan fingerprint density at radius 2 is 1.13 bits per heavy atom. The predicted octanol–water partition coefficient (Wildman–Crippen LogP) is 3.07. The molecular weight excluding hydrogens is 302 g/mol. The zero-order chi connectivity index (χ0) is 18.1. The molecule has 0 aromatic carbocycles. The van der Waals surface area contributed by atoms with Crippen LogP contribution in [0.4, 0.5) is 0 Å². The van der Waals surface area contributed by atoms with Gasteiger partial charge >= 0.3 is 0 Å². The molecule has 0 fully saturated rings. The topological polar surface area (TPSA) is 19.0 Å². The van der Waals surface area contributed by atoms with Gasteiger partial charge in [0.05, 0.1) is 0 Å². The molecule has 0 rings (SSSR count). The van der Waals surface area contributed by atoms with Crippen LogP contribution in [0.3, 0.4) is 0 Å². The van der Waals surface area contributed by atoms with Gasteiger partial charge in [-0.05, 0) is 59.4 Å². The minimum Gasteiger partial charge on any atom is -0.420 e. The summed E-state index contributed by atoms with van der Waals surface area (Å²) in [6.07, 6.45) is 0. The first-order valence-electron chi connectivity index (χ1n) is 9.30. The first kappa shape index (κ1) is 23.1. The molecule has 0 N–H and O–H groups in total. The van der Waals surface area contributed by atoms with Gasteiger partial charge in [0.15, 0.2) is 8.32 Å². The van der Waals surface area contributed by atoms with Crippen molar-refractivity contribution in [2.75, 3.05) is 67.5 Å². The Morgan fingerprint density at radius 3 is 1.35 bits per heavy atom. The highest BCUT2D eigenvalue weighted by atomic mass is 28.4. The van der Waals surface area contributed by atoms with Crippen LogP contribution in [0.5, 0.6) is 0 Å². The first-order chi connectivity index (χ1) is 10.7. The van der Waals surface area contributed by atoms with Crippen LogP contribution >= 0.6 is 0 Å². The van der Waals surface area contributed by atoms with Crippen LogP contribution in [0.2, 0.25) is 18.6 Å². The fourth-order valence-electron chi connectivity index (χ4n) is 3.51. The fraction of sp³-hybridized carbons (Fsp3) is 1.00. The molecule has 0 amide bonds. The molecule has 0 aromatic heterocycles. The van der Waals surface area contributed by atoms with Gasteiger partial charge in [0.2, 0.25) is 0 Å². The van der Waals surface area contributed by atoms with E-state index in [1.165, 1.54) is 12.1 Å². The molecule has 0 aliphatic rings. The molecule has 5 heteroatoms. The van der Waals surface area contributed by atoms with E-state index in [9.17, 15) is 0 Å². The van der Waals surface area contributed by atoms with Crippen molar-refractivity contribution in [2.24, 2.45) is 5.41 Å². The third-order valence-electron chi connectivity index (χ3n) is 5.43. The van der Waals surface area contributed by atoms with Gasteiger partial charge in [-0.25, -0.2) is 0 Å². The van der Waals surface area contributed by atoms with E-state index in [1.807, 2.05) is 7.11 Å². The van der Waals surface area contributed by atoms with E-state index in [1.54, 1.807) is 0 Å². The zero-order valence-corrected chi connectivity index (χ0v) is 18.4. The molecule has 0 radical (unpaired) electrons. The van der Waals surface area contributed by atoms with Crippen molar-refractivity contribution in [1.29, 1.82) is 0 Å². The summed E-state index contributed by atoms with van der Waals surface area (Å²) in [4.78, 5) is 7.44. The molecule has 0 saturated carbocycles. The Balaban J connectivity index is 5.59. The monoisotopic (exact) mass is 345 g/mol. The normalized spacial score (nSPS) is 15.7. The van der Waals surface area contributed by atoms with Crippen molar-refractivity contribution < 1.29 is 4.43 Å². The van der Waals surface area contributed by atoms with Gasteiger partial charge in [-0.2, -0.15) is 0 Å². The van der Waals surface area contributed by atoms with E-state index in [0.717, 1.165) is 39.3 Å². The molecule has 0 aliphatic heterocycles. The minimum atomic E-state index is -1.65. The quantitative estimate of drug-likeness (QED) is 0.478. The third kappa shape index (κ3) is 8.12. The van der Waals surface area contributed by atoms with Crippen LogP contribution in [0.1, 0.15) is 27.7 Å². The summed E-state index contributed by atoms with van der Waals surface area (Å²) < 4.78 is 6.07. The summed E-state index contributed by atoms with van der Waals surface area (Å²) >= 11 is 0. The minimum absolute atomic E-state index is 0.271. The lowest BCUT2D eigenvalue weighted by Crippen LogP contribution is -2.54. The zero-order valence-electron chi connectivity index (χ0n) is 17.4. The van der Waals surface area contributed by atoms with Gasteiger partial charge in [-0.3, -0.25) is 0 Å². The Labute approximate surface area is 147 Å². The van der Waals surface area contributed by atoms with E-state index < -0.39 is 8.32 Å². The smallest absolute Gasteiger partial charge is 0.189 e. The van der Waals surface area contributed by atoms with Crippen LogP contribution in [-0.2, 0) is 4.43 Å². The lowest BCUT2D eigenvalue weighted by Gasteiger charge is -2.45. The second-order valence-electron chi connectivity index (χ2n) is 7.68. The molecule has 0 aliphatic carbocycles. The number of nitrogens with zero attached hydrogens (tertiary/aromatic N) is 3. The molecule has 23 heavy (non-hydrogen) atoms. The molecule has 4 nitrogen and oxygen atoms in total. The predicted molar refractivity (Wildman–Crippen MR) is 106 cm³/mol. The number of hydrogen-bond donors (Lipinski definition) is 0. The second kappa shape index (κ2) is 10.8. The summed E-state index contributed by atoms with van der Waals surface area (Å²) in [7, 11) is 7.04. The largest absolute Gasteiger partial charge is 0.420 e. The summed E-state index contributed by atoms with van der Waals surface area (Å²) in [6, 6.07) is 2.42. The molecule has 0 aromatic rings. The third-order valence-corrected chi connectivity index (χ3v) is 9.40. The van der Waals surface area contributed by atoms with Crippen molar-refractivity contribution in [2.45, 2.75) is 46.3 Å². The van der Waals surface area contributed by atoms with Crippen LogP contribution in [0, 0.1) is 5.41 Å². The van der Waals surface area contributed by atoms with Gasteiger partial charge in [0.25, 0.3) is 0 Å². The Kier molecular flexibility index (Phi) is 10.9. The van der Waals surface area contributed by atoms with E-state index in [4.69, 9.17) is 4.43 Å². The highest BCUT2D eigenvalue weighted by molar-refractivity contribution is 6.72. The maximum absolute atomic E-state index is 6.07. The average Bonchev–Trinajstić information content (AvgIpc) is 2.53. The second-order valence-corrected chi connectivity index (χ2v) is 12.0. The van der Waals surface area contributed by atoms with Crippen LogP contribution < -0.4 is 0 Å². The molecule has 140 valence electrons. The first-order valence-corrected chi connectivity index (χ1v) is 12.1. The van der Waals surface area contributed by atoms with Crippen LogP contribution in [-0.4, -0.2) is 90.5 Å². The summed E-state index contributed by atoms with van der Waals surface area (Å²) in [6.45, 7) is 18.2. The summed E-state index contributed by atoms with van der Waals surface area (Å²) in [5.74, 6) is 0. The molecule has 1 unspecified atom stereocenters. The van der Waals surface area contributed by atoms with E-state index in [0.29, 0.717) is 0 Å². The van der Waals surface area contributed by atoms with Crippen molar-refractivity contribution in [3.05, 3.63) is 0 Å². The number of hydrogen-bond acceptors (Lipinski definition) is 4. The number of rotatable bonds is 13. The standard InChI is InChI=1S/C18H43N3OSi/c1-10-19(5)14-18(15-20(6)11-2,16-21(7)12-3)17-23(9,13-4)22-8/h10-17H2,1-9H3. The van der Waals surface area contributed by atoms with Gasteiger partial charge in [-0.1, -0.05) is 27.7 Å². The van der Waals surface area contributed by atoms with Crippen LogP contribution in [0.15, 0.2) is 0 Å². The Hall–Kier alpha value is 0.0569.